The molecule has 2 rings (SSSR count). The van der Waals surface area contributed by atoms with Gasteiger partial charge in [0.1, 0.15) is 0 Å². The van der Waals surface area contributed by atoms with Gasteiger partial charge in [-0.05, 0) is 17.9 Å². The van der Waals surface area contributed by atoms with Crippen LogP contribution in [0.5, 0.6) is 0 Å². The van der Waals surface area contributed by atoms with Gasteiger partial charge in [-0.1, -0.05) is 13.0 Å². The Bertz CT molecular complexity index is 393. The summed E-state index contributed by atoms with van der Waals surface area (Å²) in [7, 11) is 0. The molecule has 0 saturated carbocycles. The third kappa shape index (κ3) is 3.78. The van der Waals surface area contributed by atoms with Crippen LogP contribution in [0.2, 0.25) is 0 Å². The van der Waals surface area contributed by atoms with E-state index in [4.69, 9.17) is 4.74 Å². The maximum absolute atomic E-state index is 12.1. The van der Waals surface area contributed by atoms with Gasteiger partial charge in [-0.15, -0.1) is 11.3 Å². The molecule has 1 aromatic rings. The lowest BCUT2D eigenvalue weighted by Gasteiger charge is -2.36. The van der Waals surface area contributed by atoms with E-state index in [0.717, 1.165) is 11.3 Å². The largest absolute Gasteiger partial charge is 0.387 e. The van der Waals surface area contributed by atoms with Crippen molar-refractivity contribution in [2.45, 2.75) is 38.3 Å². The zero-order valence-electron chi connectivity index (χ0n) is 11.2. The normalized spacial score (nSPS) is 21.4. The monoisotopic (exact) mass is 283 g/mol. The summed E-state index contributed by atoms with van der Waals surface area (Å²) in [6.45, 7) is 3.77. The predicted octanol–water partition coefficient (Wildman–Crippen LogP) is 2.20. The maximum atomic E-state index is 12.1. The molecular weight excluding hydrogens is 262 g/mol. The van der Waals surface area contributed by atoms with Crippen LogP contribution in [-0.4, -0.2) is 41.7 Å². The van der Waals surface area contributed by atoms with Crippen LogP contribution in [0.15, 0.2) is 17.5 Å². The molecule has 19 heavy (non-hydrogen) atoms. The molecule has 2 atom stereocenters. The summed E-state index contributed by atoms with van der Waals surface area (Å²) in [5, 5.41) is 12.2. The Morgan fingerprint density at radius 2 is 2.53 bits per heavy atom. The zero-order valence-corrected chi connectivity index (χ0v) is 12.1. The number of hydrogen-bond acceptors (Lipinski definition) is 4. The van der Waals surface area contributed by atoms with Crippen LogP contribution in [0.4, 0.5) is 0 Å². The van der Waals surface area contributed by atoms with Crippen molar-refractivity contribution in [3.05, 3.63) is 22.4 Å². The van der Waals surface area contributed by atoms with Gasteiger partial charge in [0.05, 0.1) is 25.4 Å². The Hall–Kier alpha value is -0.910. The van der Waals surface area contributed by atoms with E-state index >= 15 is 0 Å². The molecule has 1 aliphatic rings. The highest BCUT2D eigenvalue weighted by molar-refractivity contribution is 7.10. The van der Waals surface area contributed by atoms with Gasteiger partial charge in [0.15, 0.2) is 0 Å². The van der Waals surface area contributed by atoms with Crippen molar-refractivity contribution < 1.29 is 14.6 Å². The first-order chi connectivity index (χ1) is 9.22. The lowest BCUT2D eigenvalue weighted by atomic mass is 10.1. The lowest BCUT2D eigenvalue weighted by molar-refractivity contribution is -0.141. The average Bonchev–Trinajstić information content (AvgIpc) is 2.93. The van der Waals surface area contributed by atoms with Crippen molar-refractivity contribution in [1.29, 1.82) is 0 Å². The molecular formula is C14H21NO3S. The number of aliphatic hydroxyl groups is 1. The number of amides is 1. The number of ether oxygens (including phenoxy) is 1. The minimum atomic E-state index is -0.511. The molecule has 0 bridgehead atoms. The topological polar surface area (TPSA) is 49.8 Å². The summed E-state index contributed by atoms with van der Waals surface area (Å²) in [6, 6.07) is 3.85. The van der Waals surface area contributed by atoms with E-state index in [1.54, 1.807) is 11.3 Å². The molecule has 0 spiro atoms. The van der Waals surface area contributed by atoms with E-state index in [1.807, 2.05) is 29.3 Å². The molecule has 1 aliphatic heterocycles. The fourth-order valence-corrected chi connectivity index (χ4v) is 3.12. The van der Waals surface area contributed by atoms with Gasteiger partial charge in [0, 0.05) is 24.3 Å². The first-order valence-corrected chi connectivity index (χ1v) is 7.69. The molecule has 1 aromatic heterocycles. The fourth-order valence-electron chi connectivity index (χ4n) is 2.39. The Kier molecular flexibility index (Phi) is 5.36. The van der Waals surface area contributed by atoms with Gasteiger partial charge >= 0.3 is 0 Å². The number of thiophene rings is 1. The summed E-state index contributed by atoms with van der Waals surface area (Å²) in [5.41, 5.74) is 0. The van der Waals surface area contributed by atoms with Crippen LogP contribution in [0, 0.1) is 0 Å². The van der Waals surface area contributed by atoms with Gasteiger partial charge in [-0.3, -0.25) is 4.79 Å². The molecule has 1 N–H and O–H groups in total. The third-order valence-corrected chi connectivity index (χ3v) is 4.35. The van der Waals surface area contributed by atoms with Gasteiger partial charge in [-0.25, -0.2) is 0 Å². The van der Waals surface area contributed by atoms with E-state index < -0.39 is 6.10 Å². The minimum absolute atomic E-state index is 0.00935. The van der Waals surface area contributed by atoms with Crippen molar-refractivity contribution in [3.63, 3.8) is 0 Å². The van der Waals surface area contributed by atoms with E-state index in [0.29, 0.717) is 32.6 Å². The molecule has 1 saturated heterocycles. The van der Waals surface area contributed by atoms with Crippen molar-refractivity contribution in [2.24, 2.45) is 0 Å². The fraction of sp³-hybridized carbons (Fsp3) is 0.643. The molecule has 4 nitrogen and oxygen atoms in total. The van der Waals surface area contributed by atoms with Crippen LogP contribution in [0.1, 0.15) is 37.2 Å². The summed E-state index contributed by atoms with van der Waals surface area (Å²) < 4.78 is 5.46. The van der Waals surface area contributed by atoms with Gasteiger partial charge < -0.3 is 14.7 Å². The zero-order chi connectivity index (χ0) is 13.7. The van der Waals surface area contributed by atoms with E-state index in [2.05, 4.69) is 0 Å². The molecule has 2 unspecified atom stereocenters. The maximum Gasteiger partial charge on any atom is 0.222 e. The summed E-state index contributed by atoms with van der Waals surface area (Å²) in [5.74, 6) is 0.175. The second-order valence-corrected chi connectivity index (χ2v) is 5.81. The number of carbonyl (C=O) groups is 1. The van der Waals surface area contributed by atoms with Gasteiger partial charge in [0.25, 0.3) is 0 Å². The standard InChI is InChI=1S/C14H21NO3S/c1-2-4-14(17)15-6-7-18-10-11(15)9-12(16)13-5-3-8-19-13/h3,5,8,11-12,16H,2,4,6-7,9-10H2,1H3. The first kappa shape index (κ1) is 14.5. The smallest absolute Gasteiger partial charge is 0.222 e. The summed E-state index contributed by atoms with van der Waals surface area (Å²) in [4.78, 5) is 14.9. The highest BCUT2D eigenvalue weighted by atomic mass is 32.1. The van der Waals surface area contributed by atoms with Gasteiger partial charge in [-0.2, -0.15) is 0 Å². The highest BCUT2D eigenvalue weighted by Gasteiger charge is 2.29. The molecule has 106 valence electrons. The molecule has 0 radical (unpaired) electrons. The second-order valence-electron chi connectivity index (χ2n) is 4.83. The van der Waals surface area contributed by atoms with Crippen LogP contribution in [0.25, 0.3) is 0 Å². The van der Waals surface area contributed by atoms with Crippen LogP contribution < -0.4 is 0 Å². The minimum Gasteiger partial charge on any atom is -0.387 e. The lowest BCUT2D eigenvalue weighted by Crippen LogP contribution is -2.49. The van der Waals surface area contributed by atoms with Crippen molar-refractivity contribution in [2.75, 3.05) is 19.8 Å². The molecule has 2 heterocycles. The van der Waals surface area contributed by atoms with Crippen LogP contribution in [-0.2, 0) is 9.53 Å². The Morgan fingerprint density at radius 1 is 1.68 bits per heavy atom. The molecule has 5 heteroatoms. The van der Waals surface area contributed by atoms with Crippen molar-refractivity contribution in [3.8, 4) is 0 Å². The number of nitrogens with zero attached hydrogens (tertiary/aromatic N) is 1. The Balaban J connectivity index is 1.97. The summed E-state index contributed by atoms with van der Waals surface area (Å²) >= 11 is 1.55. The van der Waals surface area contributed by atoms with E-state index in [9.17, 15) is 9.90 Å². The Labute approximate surface area is 118 Å². The average molecular weight is 283 g/mol. The molecule has 0 aliphatic carbocycles. The third-order valence-electron chi connectivity index (χ3n) is 3.38. The summed E-state index contributed by atoms with van der Waals surface area (Å²) in [6.07, 6.45) is 1.47. The van der Waals surface area contributed by atoms with E-state index in [1.165, 1.54) is 0 Å². The van der Waals surface area contributed by atoms with Crippen LogP contribution >= 0.6 is 11.3 Å². The molecule has 1 amide bonds. The SMILES string of the molecule is CCCC(=O)N1CCOCC1CC(O)c1cccs1. The number of carbonyl (C=O) groups excluding carboxylic acids is 1. The predicted molar refractivity (Wildman–Crippen MR) is 75.1 cm³/mol. The number of morpholine rings is 1. The quantitative estimate of drug-likeness (QED) is 0.901. The number of rotatable bonds is 5. The van der Waals surface area contributed by atoms with Gasteiger partial charge in [0.2, 0.25) is 5.91 Å². The first-order valence-electron chi connectivity index (χ1n) is 6.81. The number of aliphatic hydroxyl groups excluding tert-OH is 1. The van der Waals surface area contributed by atoms with Crippen molar-refractivity contribution in [1.82, 2.24) is 4.90 Å². The highest BCUT2D eigenvalue weighted by Crippen LogP contribution is 2.26. The number of hydrogen-bond donors (Lipinski definition) is 1. The van der Waals surface area contributed by atoms with Crippen LogP contribution in [0.3, 0.4) is 0 Å². The molecule has 1 fully saturated rings. The molecule has 0 aromatic carbocycles. The second kappa shape index (κ2) is 7.03. The van der Waals surface area contributed by atoms with E-state index in [-0.39, 0.29) is 11.9 Å². The Morgan fingerprint density at radius 3 is 3.21 bits per heavy atom. The van der Waals surface area contributed by atoms with Crippen molar-refractivity contribution >= 4 is 17.2 Å².